The Morgan fingerprint density at radius 1 is 1.18 bits per heavy atom. The molecule has 3 unspecified atom stereocenters. The monoisotopic (exact) mass is 300 g/mol. The quantitative estimate of drug-likeness (QED) is 0.733. The number of Topliss-reactive ketones (excluding diaryl/α,β-unsaturated/α-hetero) is 1. The molecule has 0 amide bonds. The molecule has 22 heavy (non-hydrogen) atoms. The lowest BCUT2D eigenvalue weighted by Crippen LogP contribution is -2.56. The smallest absolute Gasteiger partial charge is 0.139 e. The molecule has 0 aromatic rings. The maximum Gasteiger partial charge on any atom is 0.139 e. The van der Waals surface area contributed by atoms with Crippen LogP contribution in [0.5, 0.6) is 0 Å². The molecule has 0 spiro atoms. The summed E-state index contributed by atoms with van der Waals surface area (Å²) in [6.07, 6.45) is 8.88. The third-order valence-electron chi connectivity index (χ3n) is 7.72. The molecule has 0 bridgehead atoms. The number of rotatable bonds is 0. The van der Waals surface area contributed by atoms with Crippen LogP contribution in [0, 0.1) is 28.6 Å². The van der Waals surface area contributed by atoms with Crippen molar-refractivity contribution in [3.05, 3.63) is 23.8 Å². The molecule has 6 atom stereocenters. The van der Waals surface area contributed by atoms with E-state index in [2.05, 4.69) is 26.5 Å². The number of carbonyl (C=O) groups excluding carboxylic acids is 1. The van der Waals surface area contributed by atoms with E-state index in [1.54, 1.807) is 0 Å². The summed E-state index contributed by atoms with van der Waals surface area (Å²) in [4.78, 5) is 12.4. The summed E-state index contributed by atoms with van der Waals surface area (Å²) in [5.74, 6) is 1.76. The average molecular weight is 300 g/mol. The molecule has 0 radical (unpaired) electrons. The minimum absolute atomic E-state index is 0.122. The first-order chi connectivity index (χ1) is 10.4. The Morgan fingerprint density at radius 3 is 2.73 bits per heavy atom. The maximum atomic E-state index is 12.4. The van der Waals surface area contributed by atoms with Gasteiger partial charge in [-0.3, -0.25) is 4.79 Å². The lowest BCUT2D eigenvalue weighted by molar-refractivity contribution is -0.146. The van der Waals surface area contributed by atoms with Crippen LogP contribution in [0.1, 0.15) is 58.8 Å². The molecule has 4 aliphatic rings. The van der Waals surface area contributed by atoms with Crippen LogP contribution in [0.3, 0.4) is 0 Å². The highest BCUT2D eigenvalue weighted by atomic mass is 16.3. The summed E-state index contributed by atoms with van der Waals surface area (Å²) in [6.45, 7) is 8.64. The summed E-state index contributed by atoms with van der Waals surface area (Å²) in [6, 6.07) is 0. The van der Waals surface area contributed by atoms with E-state index in [1.165, 1.54) is 11.1 Å². The van der Waals surface area contributed by atoms with Crippen LogP contribution >= 0.6 is 0 Å². The third kappa shape index (κ3) is 1.73. The van der Waals surface area contributed by atoms with Gasteiger partial charge in [0.1, 0.15) is 5.78 Å². The SMILES string of the molecule is C=C1C=C2CCC3C([C@@H](O)C[C@]4(C)C(=O)CCC34)[C@@]2(C)CC1. The van der Waals surface area contributed by atoms with E-state index in [4.69, 9.17) is 0 Å². The Kier molecular flexibility index (Phi) is 3.05. The summed E-state index contributed by atoms with van der Waals surface area (Å²) >= 11 is 0. The Balaban J connectivity index is 1.75. The molecule has 120 valence electrons. The minimum atomic E-state index is -0.326. The number of hydrogen-bond acceptors (Lipinski definition) is 2. The first-order valence-corrected chi connectivity index (χ1v) is 8.96. The van der Waals surface area contributed by atoms with Gasteiger partial charge in [-0.05, 0) is 61.7 Å². The first kappa shape index (κ1) is 14.7. The molecule has 3 fully saturated rings. The van der Waals surface area contributed by atoms with E-state index < -0.39 is 0 Å². The standard InChI is InChI=1S/C20H28O2/c1-12-8-9-19(2)13(10-12)4-5-14-15-6-7-17(22)20(15,3)11-16(21)18(14)19/h10,14-16,18,21H,1,4-9,11H2,2-3H3/t14?,15?,16-,18?,19-,20-/m0/s1. The summed E-state index contributed by atoms with van der Waals surface area (Å²) in [5, 5.41) is 11.0. The van der Waals surface area contributed by atoms with Gasteiger partial charge < -0.3 is 5.11 Å². The molecule has 4 rings (SSSR count). The maximum absolute atomic E-state index is 12.4. The number of hydrogen-bond donors (Lipinski definition) is 1. The predicted octanol–water partition coefficient (Wildman–Crippen LogP) is 4.05. The highest BCUT2D eigenvalue weighted by Crippen LogP contribution is 2.64. The molecular formula is C20H28O2. The fraction of sp³-hybridized carbons (Fsp3) is 0.750. The highest BCUT2D eigenvalue weighted by molar-refractivity contribution is 5.87. The Labute approximate surface area is 133 Å². The van der Waals surface area contributed by atoms with Gasteiger partial charge in [0.25, 0.3) is 0 Å². The van der Waals surface area contributed by atoms with Crippen molar-refractivity contribution >= 4 is 5.78 Å². The number of carbonyl (C=O) groups is 1. The average Bonchev–Trinajstić information content (AvgIpc) is 2.75. The van der Waals surface area contributed by atoms with Gasteiger partial charge in [-0.15, -0.1) is 0 Å². The molecule has 1 N–H and O–H groups in total. The lowest BCUT2D eigenvalue weighted by atomic mass is 9.46. The zero-order valence-electron chi connectivity index (χ0n) is 13.9. The molecule has 2 nitrogen and oxygen atoms in total. The summed E-state index contributed by atoms with van der Waals surface area (Å²) in [5.41, 5.74) is 2.63. The second-order valence-electron chi connectivity index (χ2n) is 8.73. The molecule has 0 saturated heterocycles. The fourth-order valence-electron chi connectivity index (χ4n) is 6.55. The van der Waals surface area contributed by atoms with Crippen LogP contribution in [0.4, 0.5) is 0 Å². The lowest BCUT2D eigenvalue weighted by Gasteiger charge is -2.58. The first-order valence-electron chi connectivity index (χ1n) is 8.96. The van der Waals surface area contributed by atoms with E-state index in [0.29, 0.717) is 30.0 Å². The second kappa shape index (κ2) is 4.56. The fourth-order valence-corrected chi connectivity index (χ4v) is 6.55. The summed E-state index contributed by atoms with van der Waals surface area (Å²) in [7, 11) is 0. The number of allylic oxidation sites excluding steroid dienone is 3. The van der Waals surface area contributed by atoms with Crippen molar-refractivity contribution < 1.29 is 9.90 Å². The Hall–Kier alpha value is -0.890. The molecular weight excluding hydrogens is 272 g/mol. The number of ketones is 1. The van der Waals surface area contributed by atoms with Crippen LogP contribution in [0.25, 0.3) is 0 Å². The van der Waals surface area contributed by atoms with E-state index in [1.807, 2.05) is 0 Å². The minimum Gasteiger partial charge on any atom is -0.393 e. The molecule has 4 aliphatic carbocycles. The highest BCUT2D eigenvalue weighted by Gasteiger charge is 2.61. The normalized spacial score (nSPS) is 51.0. The molecule has 0 aromatic heterocycles. The van der Waals surface area contributed by atoms with Gasteiger partial charge in [0.2, 0.25) is 0 Å². The van der Waals surface area contributed by atoms with Crippen LogP contribution in [0.2, 0.25) is 0 Å². The van der Waals surface area contributed by atoms with Gasteiger partial charge in [-0.2, -0.15) is 0 Å². The number of fused-ring (bicyclic) bond motifs is 5. The molecule has 0 aromatic carbocycles. The van der Waals surface area contributed by atoms with E-state index in [9.17, 15) is 9.90 Å². The van der Waals surface area contributed by atoms with Gasteiger partial charge in [0, 0.05) is 11.8 Å². The number of aliphatic hydroxyl groups is 1. The van der Waals surface area contributed by atoms with Crippen LogP contribution in [-0.2, 0) is 4.79 Å². The largest absolute Gasteiger partial charge is 0.393 e. The molecule has 0 aliphatic heterocycles. The summed E-state index contributed by atoms with van der Waals surface area (Å²) < 4.78 is 0. The van der Waals surface area contributed by atoms with E-state index in [-0.39, 0.29) is 16.9 Å². The molecule has 2 heteroatoms. The Morgan fingerprint density at radius 2 is 1.95 bits per heavy atom. The molecule has 3 saturated carbocycles. The van der Waals surface area contributed by atoms with Crippen LogP contribution < -0.4 is 0 Å². The van der Waals surface area contributed by atoms with E-state index >= 15 is 0 Å². The van der Waals surface area contributed by atoms with Gasteiger partial charge >= 0.3 is 0 Å². The predicted molar refractivity (Wildman–Crippen MR) is 87.2 cm³/mol. The molecule has 0 heterocycles. The van der Waals surface area contributed by atoms with Gasteiger partial charge in [0.15, 0.2) is 0 Å². The zero-order valence-corrected chi connectivity index (χ0v) is 13.9. The van der Waals surface area contributed by atoms with Crippen molar-refractivity contribution in [3.8, 4) is 0 Å². The van der Waals surface area contributed by atoms with Crippen molar-refractivity contribution in [2.75, 3.05) is 0 Å². The van der Waals surface area contributed by atoms with Crippen molar-refractivity contribution in [3.63, 3.8) is 0 Å². The topological polar surface area (TPSA) is 37.3 Å². The Bertz CT molecular complexity index is 574. The van der Waals surface area contributed by atoms with Crippen LogP contribution in [-0.4, -0.2) is 17.0 Å². The van der Waals surface area contributed by atoms with Crippen LogP contribution in [0.15, 0.2) is 23.8 Å². The van der Waals surface area contributed by atoms with Gasteiger partial charge in [0.05, 0.1) is 6.10 Å². The van der Waals surface area contributed by atoms with Crippen molar-refractivity contribution in [2.24, 2.45) is 28.6 Å². The van der Waals surface area contributed by atoms with E-state index in [0.717, 1.165) is 38.5 Å². The third-order valence-corrected chi connectivity index (χ3v) is 7.72. The van der Waals surface area contributed by atoms with Crippen molar-refractivity contribution in [1.82, 2.24) is 0 Å². The van der Waals surface area contributed by atoms with Crippen molar-refractivity contribution in [2.45, 2.75) is 64.9 Å². The van der Waals surface area contributed by atoms with Gasteiger partial charge in [-0.25, -0.2) is 0 Å². The second-order valence-corrected chi connectivity index (χ2v) is 8.73. The zero-order chi connectivity index (χ0) is 15.7. The number of aliphatic hydroxyl groups excluding tert-OH is 1. The van der Waals surface area contributed by atoms with Crippen molar-refractivity contribution in [1.29, 1.82) is 0 Å². The van der Waals surface area contributed by atoms with Gasteiger partial charge in [-0.1, -0.05) is 37.6 Å².